The van der Waals surface area contributed by atoms with Crippen molar-refractivity contribution in [2.24, 2.45) is 13.0 Å². The highest BCUT2D eigenvalue weighted by Gasteiger charge is 2.50. The lowest BCUT2D eigenvalue weighted by Crippen LogP contribution is -2.61. The van der Waals surface area contributed by atoms with Gasteiger partial charge in [-0.3, -0.25) is 4.79 Å². The highest BCUT2D eigenvalue weighted by Crippen LogP contribution is 2.44. The van der Waals surface area contributed by atoms with Crippen LogP contribution in [0.5, 0.6) is 0 Å². The van der Waals surface area contributed by atoms with E-state index in [1.54, 1.807) is 0 Å². The van der Waals surface area contributed by atoms with Gasteiger partial charge in [0.25, 0.3) is 0 Å². The molecule has 3 aromatic heterocycles. The summed E-state index contributed by atoms with van der Waals surface area (Å²) in [5.41, 5.74) is 12.9. The molecular weight excluding hydrogens is 452 g/mol. The second-order valence-electron chi connectivity index (χ2n) is 10.3. The first-order valence-electron chi connectivity index (χ1n) is 12.5. The number of anilines is 1. The molecule has 2 saturated heterocycles. The van der Waals surface area contributed by atoms with Crippen LogP contribution in [0.25, 0.3) is 27.9 Å². The number of pyridine rings is 1. The number of nitrogens with two attached hydrogens (primary N) is 1. The van der Waals surface area contributed by atoms with Crippen molar-refractivity contribution in [3.8, 4) is 23.6 Å². The number of terminal acetylenes is 1. The smallest absolute Gasteiger partial charge is 0.226 e. The molecule has 184 valence electrons. The highest BCUT2D eigenvalue weighted by molar-refractivity contribution is 6.04. The minimum absolute atomic E-state index is 0.00494. The summed E-state index contributed by atoms with van der Waals surface area (Å²) >= 11 is 0. The Bertz CT molecular complexity index is 1460. The van der Waals surface area contributed by atoms with Crippen LogP contribution in [0.2, 0.25) is 0 Å². The number of amides is 1. The summed E-state index contributed by atoms with van der Waals surface area (Å²) in [5.74, 6) is 3.33. The van der Waals surface area contributed by atoms with E-state index in [0.717, 1.165) is 65.6 Å². The first-order valence-corrected chi connectivity index (χ1v) is 12.5. The van der Waals surface area contributed by atoms with Gasteiger partial charge >= 0.3 is 0 Å². The molecule has 8 heteroatoms. The lowest BCUT2D eigenvalue weighted by Gasteiger charge is -2.46. The number of nitrogens with zero attached hydrogens (tertiary/aromatic N) is 5. The average Bonchev–Trinajstić information content (AvgIpc) is 3.45. The molecule has 0 bridgehead atoms. The van der Waals surface area contributed by atoms with E-state index >= 15 is 0 Å². The zero-order chi connectivity index (χ0) is 25.0. The molecule has 1 atom stereocenters. The minimum atomic E-state index is -0.0509. The summed E-state index contributed by atoms with van der Waals surface area (Å²) in [6.07, 6.45) is 15.5. The van der Waals surface area contributed by atoms with E-state index in [0.29, 0.717) is 31.1 Å². The molecule has 2 aliphatic heterocycles. The van der Waals surface area contributed by atoms with Crippen molar-refractivity contribution in [1.29, 1.82) is 0 Å². The third-order valence-corrected chi connectivity index (χ3v) is 8.20. The van der Waals surface area contributed by atoms with E-state index < -0.39 is 0 Å². The predicted octanol–water partition coefficient (Wildman–Crippen LogP) is 3.48. The molecule has 8 nitrogen and oxygen atoms in total. The zero-order valence-corrected chi connectivity index (χ0v) is 20.8. The lowest BCUT2D eigenvalue weighted by molar-refractivity contribution is -0.162. The molecule has 1 amide bonds. The Morgan fingerprint density at radius 2 is 2.14 bits per heavy atom. The molecule has 1 aliphatic carbocycles. The van der Waals surface area contributed by atoms with Crippen molar-refractivity contribution in [2.75, 3.05) is 25.5 Å². The van der Waals surface area contributed by atoms with Crippen molar-refractivity contribution >= 4 is 28.3 Å². The van der Waals surface area contributed by atoms with E-state index in [9.17, 15) is 4.79 Å². The van der Waals surface area contributed by atoms with Gasteiger partial charge in [-0.15, -0.1) is 6.42 Å². The van der Waals surface area contributed by atoms with Crippen LogP contribution in [-0.2, 0) is 16.6 Å². The van der Waals surface area contributed by atoms with E-state index in [1.165, 1.54) is 11.9 Å². The van der Waals surface area contributed by atoms with Crippen LogP contribution in [-0.4, -0.2) is 55.6 Å². The van der Waals surface area contributed by atoms with Crippen LogP contribution in [0.4, 0.5) is 5.82 Å². The molecule has 5 heterocycles. The summed E-state index contributed by atoms with van der Waals surface area (Å²) in [6, 6.07) is 1.92. The monoisotopic (exact) mass is 482 g/mol. The Morgan fingerprint density at radius 1 is 1.31 bits per heavy atom. The van der Waals surface area contributed by atoms with Crippen LogP contribution in [0.15, 0.2) is 24.7 Å². The second kappa shape index (κ2) is 8.45. The molecule has 0 saturated carbocycles. The first-order chi connectivity index (χ1) is 17.4. The SMILES string of the molecule is C#Cc1cc(C)c(-c2c(C3=CC[C@H](C(=O)N4CCCC45COC5)CC3)c3c(N)ncnc3n2C)cn1. The van der Waals surface area contributed by atoms with E-state index in [2.05, 4.69) is 36.4 Å². The van der Waals surface area contributed by atoms with Gasteiger partial charge in [-0.2, -0.15) is 0 Å². The number of hydrogen-bond donors (Lipinski definition) is 1. The lowest BCUT2D eigenvalue weighted by atomic mass is 9.83. The van der Waals surface area contributed by atoms with E-state index in [4.69, 9.17) is 16.9 Å². The number of fused-ring (bicyclic) bond motifs is 1. The van der Waals surface area contributed by atoms with Crippen LogP contribution in [0, 0.1) is 25.2 Å². The number of rotatable bonds is 3. The number of hydrogen-bond acceptors (Lipinski definition) is 6. The van der Waals surface area contributed by atoms with Gasteiger partial charge in [-0.1, -0.05) is 12.0 Å². The number of aromatic nitrogens is 4. The molecule has 3 aliphatic rings. The maximum atomic E-state index is 13.5. The van der Waals surface area contributed by atoms with Crippen molar-refractivity contribution in [2.45, 2.75) is 44.6 Å². The molecule has 2 fully saturated rings. The topological polar surface area (TPSA) is 99.2 Å². The molecule has 3 aromatic rings. The summed E-state index contributed by atoms with van der Waals surface area (Å²) in [4.78, 5) is 28.9. The second-order valence-corrected chi connectivity index (χ2v) is 10.3. The van der Waals surface area contributed by atoms with Crippen LogP contribution in [0.3, 0.4) is 0 Å². The van der Waals surface area contributed by atoms with Gasteiger partial charge in [0.1, 0.15) is 23.5 Å². The van der Waals surface area contributed by atoms with Crippen molar-refractivity contribution in [3.05, 3.63) is 41.5 Å². The molecule has 1 spiro atoms. The zero-order valence-electron chi connectivity index (χ0n) is 20.8. The average molecular weight is 483 g/mol. The van der Waals surface area contributed by atoms with Crippen molar-refractivity contribution in [3.63, 3.8) is 0 Å². The molecular formula is C28H30N6O2. The van der Waals surface area contributed by atoms with Gasteiger partial charge in [0.15, 0.2) is 0 Å². The maximum absolute atomic E-state index is 13.5. The molecule has 36 heavy (non-hydrogen) atoms. The Hall–Kier alpha value is -3.70. The highest BCUT2D eigenvalue weighted by atomic mass is 16.5. The number of aryl methyl sites for hydroxylation is 2. The Labute approximate surface area is 210 Å². The normalized spacial score (nSPS) is 20.9. The van der Waals surface area contributed by atoms with Gasteiger partial charge in [0.2, 0.25) is 5.91 Å². The first kappa shape index (κ1) is 22.7. The minimum Gasteiger partial charge on any atom is -0.383 e. The third-order valence-electron chi connectivity index (χ3n) is 8.20. The molecule has 0 unspecified atom stereocenters. The quantitative estimate of drug-likeness (QED) is 0.574. The summed E-state index contributed by atoms with van der Waals surface area (Å²) in [7, 11) is 1.99. The van der Waals surface area contributed by atoms with E-state index in [-0.39, 0.29) is 17.4 Å². The van der Waals surface area contributed by atoms with Gasteiger partial charge in [-0.25, -0.2) is 15.0 Å². The Balaban J connectivity index is 1.40. The number of carbonyl (C=O) groups excluding carboxylic acids is 1. The predicted molar refractivity (Wildman–Crippen MR) is 139 cm³/mol. The molecule has 0 radical (unpaired) electrons. The number of ether oxygens (including phenoxy) is 1. The van der Waals surface area contributed by atoms with Crippen LogP contribution < -0.4 is 5.73 Å². The number of likely N-dealkylation sites (tertiary alicyclic amines) is 1. The fraction of sp³-hybridized carbons (Fsp3) is 0.429. The fourth-order valence-electron chi connectivity index (χ4n) is 6.21. The molecule has 2 N–H and O–H groups in total. The maximum Gasteiger partial charge on any atom is 0.226 e. The number of carbonyl (C=O) groups is 1. The van der Waals surface area contributed by atoms with Crippen LogP contribution >= 0.6 is 0 Å². The van der Waals surface area contributed by atoms with Gasteiger partial charge in [0.05, 0.1) is 29.8 Å². The number of allylic oxidation sites excluding steroid dienone is 2. The largest absolute Gasteiger partial charge is 0.383 e. The van der Waals surface area contributed by atoms with E-state index in [1.807, 2.05) is 26.2 Å². The Kier molecular flexibility index (Phi) is 5.34. The summed E-state index contributed by atoms with van der Waals surface area (Å²) in [6.45, 7) is 4.24. The van der Waals surface area contributed by atoms with Crippen LogP contribution in [0.1, 0.15) is 48.9 Å². The fourth-order valence-corrected chi connectivity index (χ4v) is 6.21. The van der Waals surface area contributed by atoms with Gasteiger partial charge in [-0.05, 0) is 56.2 Å². The van der Waals surface area contributed by atoms with Gasteiger partial charge in [0, 0.05) is 36.8 Å². The van der Waals surface area contributed by atoms with Crippen molar-refractivity contribution in [1.82, 2.24) is 24.4 Å². The molecule has 0 aromatic carbocycles. The standard InChI is InChI=1S/C28H30N6O2/c1-4-20-12-17(2)21(13-30-20)24-22(23-25(29)31-16-32-26(23)33(24)3)18-6-8-19(9-7-18)27(35)34-11-5-10-28(34)14-36-15-28/h1,6,12-13,16,19H,5,7-11,14-15H2,2-3H3,(H2,29,31,32)/t19-/m0/s1. The third kappa shape index (κ3) is 3.34. The van der Waals surface area contributed by atoms with Gasteiger partial charge < -0.3 is 19.9 Å². The summed E-state index contributed by atoms with van der Waals surface area (Å²) < 4.78 is 7.55. The number of nitrogen functional groups attached to an aromatic ring is 1. The Morgan fingerprint density at radius 3 is 2.81 bits per heavy atom. The molecule has 6 rings (SSSR count). The van der Waals surface area contributed by atoms with Crippen molar-refractivity contribution < 1.29 is 9.53 Å². The summed E-state index contributed by atoms with van der Waals surface area (Å²) in [5, 5.41) is 0.844.